The highest BCUT2D eigenvalue weighted by molar-refractivity contribution is 5.96. The first-order chi connectivity index (χ1) is 11.0. The molecule has 1 aromatic carbocycles. The fraction of sp³-hybridized carbons (Fsp3) is 0.500. The minimum Gasteiger partial charge on any atom is -0.494 e. The number of nitrogens with zero attached hydrogens (tertiary/aromatic N) is 1. The summed E-state index contributed by atoms with van der Waals surface area (Å²) in [5.74, 6) is 0.727. The zero-order valence-electron chi connectivity index (χ0n) is 13.4. The third kappa shape index (κ3) is 4.85. The number of amides is 3. The highest BCUT2D eigenvalue weighted by atomic mass is 16.5. The van der Waals surface area contributed by atoms with E-state index in [2.05, 4.69) is 10.6 Å². The van der Waals surface area contributed by atoms with Crippen molar-refractivity contribution in [1.29, 1.82) is 0 Å². The van der Waals surface area contributed by atoms with Gasteiger partial charge in [-0.25, -0.2) is 4.79 Å². The van der Waals surface area contributed by atoms with Gasteiger partial charge in [-0.1, -0.05) is 0 Å². The maximum atomic E-state index is 12.1. The Balaban J connectivity index is 1.90. The molecule has 0 radical (unpaired) electrons. The molecular formula is C16H23N3O4. The van der Waals surface area contributed by atoms with Gasteiger partial charge < -0.3 is 25.4 Å². The minimum atomic E-state index is -0.605. The van der Waals surface area contributed by atoms with Crippen LogP contribution in [0.15, 0.2) is 24.3 Å². The number of aliphatic hydroxyl groups is 1. The topological polar surface area (TPSA) is 90.9 Å². The van der Waals surface area contributed by atoms with E-state index in [0.29, 0.717) is 13.2 Å². The Labute approximate surface area is 135 Å². The largest absolute Gasteiger partial charge is 0.494 e. The predicted octanol–water partition coefficient (Wildman–Crippen LogP) is 0.871. The Morgan fingerprint density at radius 1 is 1.43 bits per heavy atom. The second kappa shape index (κ2) is 7.82. The molecule has 0 saturated carbocycles. The lowest BCUT2D eigenvalue weighted by molar-refractivity contribution is -0.117. The Bertz CT molecular complexity index is 545. The normalized spacial score (nSPS) is 18.7. The van der Waals surface area contributed by atoms with Gasteiger partial charge in [-0.3, -0.25) is 4.79 Å². The molecule has 0 aliphatic carbocycles. The van der Waals surface area contributed by atoms with E-state index in [1.807, 2.05) is 31.2 Å². The summed E-state index contributed by atoms with van der Waals surface area (Å²) in [5.41, 5.74) is 0.784. The molecule has 1 saturated heterocycles. The number of nitrogens with one attached hydrogen (secondary N) is 2. The fourth-order valence-electron chi connectivity index (χ4n) is 2.42. The molecule has 3 N–H and O–H groups in total. The van der Waals surface area contributed by atoms with E-state index in [1.54, 1.807) is 11.8 Å². The molecule has 7 heteroatoms. The first kappa shape index (κ1) is 17.1. The maximum Gasteiger partial charge on any atom is 0.315 e. The van der Waals surface area contributed by atoms with Crippen LogP contribution in [0, 0.1) is 0 Å². The summed E-state index contributed by atoms with van der Waals surface area (Å²) in [6, 6.07) is 6.68. The highest BCUT2D eigenvalue weighted by Crippen LogP contribution is 2.24. The standard InChI is InChI=1S/C16H23N3O4/c1-3-23-14-6-4-13(5-7-14)19-10-12(8-15(19)21)18-16(22)17-9-11(2)20/h4-7,11-12,20H,3,8-10H2,1-2H3,(H2,17,18,22)/t11-,12+/m0/s1. The average Bonchev–Trinajstić information content (AvgIpc) is 2.87. The van der Waals surface area contributed by atoms with Crippen LogP contribution in [-0.2, 0) is 4.79 Å². The molecule has 1 aliphatic rings. The van der Waals surface area contributed by atoms with Gasteiger partial charge in [0.25, 0.3) is 0 Å². The van der Waals surface area contributed by atoms with Gasteiger partial charge >= 0.3 is 6.03 Å². The summed E-state index contributed by atoms with van der Waals surface area (Å²) in [6.45, 7) is 4.70. The van der Waals surface area contributed by atoms with Crippen LogP contribution < -0.4 is 20.3 Å². The number of benzene rings is 1. The van der Waals surface area contributed by atoms with E-state index in [4.69, 9.17) is 9.84 Å². The fourth-order valence-corrected chi connectivity index (χ4v) is 2.42. The van der Waals surface area contributed by atoms with Crippen LogP contribution >= 0.6 is 0 Å². The third-order valence-electron chi connectivity index (χ3n) is 3.48. The van der Waals surface area contributed by atoms with Crippen molar-refractivity contribution in [1.82, 2.24) is 10.6 Å². The zero-order chi connectivity index (χ0) is 16.8. The SMILES string of the molecule is CCOc1ccc(N2C[C@H](NC(=O)NC[C@H](C)O)CC2=O)cc1. The number of hydrogen-bond donors (Lipinski definition) is 3. The summed E-state index contributed by atoms with van der Waals surface area (Å²) in [4.78, 5) is 25.5. The lowest BCUT2D eigenvalue weighted by Gasteiger charge is -2.18. The van der Waals surface area contributed by atoms with Gasteiger partial charge in [-0.2, -0.15) is 0 Å². The molecule has 2 atom stereocenters. The first-order valence-electron chi connectivity index (χ1n) is 7.75. The van der Waals surface area contributed by atoms with Crippen molar-refractivity contribution >= 4 is 17.6 Å². The van der Waals surface area contributed by atoms with Gasteiger partial charge in [-0.05, 0) is 38.1 Å². The van der Waals surface area contributed by atoms with Gasteiger partial charge in [-0.15, -0.1) is 0 Å². The van der Waals surface area contributed by atoms with E-state index in [1.165, 1.54) is 0 Å². The van der Waals surface area contributed by atoms with Crippen LogP contribution in [0.3, 0.4) is 0 Å². The molecule has 126 valence electrons. The number of anilines is 1. The van der Waals surface area contributed by atoms with E-state index in [-0.39, 0.29) is 30.9 Å². The number of hydrogen-bond acceptors (Lipinski definition) is 4. The van der Waals surface area contributed by atoms with Crippen molar-refractivity contribution in [3.8, 4) is 5.75 Å². The predicted molar refractivity (Wildman–Crippen MR) is 86.6 cm³/mol. The van der Waals surface area contributed by atoms with Crippen molar-refractivity contribution in [2.24, 2.45) is 0 Å². The van der Waals surface area contributed by atoms with E-state index >= 15 is 0 Å². The van der Waals surface area contributed by atoms with Crippen molar-refractivity contribution in [2.45, 2.75) is 32.4 Å². The average molecular weight is 321 g/mol. The second-order valence-corrected chi connectivity index (χ2v) is 5.54. The van der Waals surface area contributed by atoms with Crippen molar-refractivity contribution in [3.05, 3.63) is 24.3 Å². The van der Waals surface area contributed by atoms with Crippen molar-refractivity contribution in [3.63, 3.8) is 0 Å². The first-order valence-corrected chi connectivity index (χ1v) is 7.75. The summed E-state index contributed by atoms with van der Waals surface area (Å²) in [6.07, 6.45) is -0.346. The molecule has 1 fully saturated rings. The van der Waals surface area contributed by atoms with Gasteiger partial charge in [0.05, 0.1) is 18.8 Å². The molecule has 1 aliphatic heterocycles. The van der Waals surface area contributed by atoms with E-state index in [0.717, 1.165) is 11.4 Å². The molecule has 0 spiro atoms. The van der Waals surface area contributed by atoms with Crippen LogP contribution in [0.25, 0.3) is 0 Å². The molecule has 1 heterocycles. The molecule has 1 aromatic rings. The number of carbonyl (C=O) groups is 2. The number of rotatable bonds is 6. The van der Waals surface area contributed by atoms with Crippen LogP contribution in [0.5, 0.6) is 5.75 Å². The Morgan fingerprint density at radius 3 is 2.74 bits per heavy atom. The summed E-state index contributed by atoms with van der Waals surface area (Å²) in [5, 5.41) is 14.4. The van der Waals surface area contributed by atoms with Crippen LogP contribution in [0.1, 0.15) is 20.3 Å². The molecule has 23 heavy (non-hydrogen) atoms. The zero-order valence-corrected chi connectivity index (χ0v) is 13.4. The van der Waals surface area contributed by atoms with Crippen molar-refractivity contribution < 1.29 is 19.4 Å². The lowest BCUT2D eigenvalue weighted by atomic mass is 10.2. The van der Waals surface area contributed by atoms with E-state index < -0.39 is 6.10 Å². The quantitative estimate of drug-likeness (QED) is 0.725. The number of aliphatic hydroxyl groups excluding tert-OH is 1. The summed E-state index contributed by atoms with van der Waals surface area (Å²) < 4.78 is 5.38. The second-order valence-electron chi connectivity index (χ2n) is 5.54. The van der Waals surface area contributed by atoms with E-state index in [9.17, 15) is 9.59 Å². The third-order valence-corrected chi connectivity index (χ3v) is 3.48. The molecule has 0 bridgehead atoms. The van der Waals surface area contributed by atoms with Crippen molar-refractivity contribution in [2.75, 3.05) is 24.6 Å². The molecule has 0 aromatic heterocycles. The minimum absolute atomic E-state index is 0.0324. The Morgan fingerprint density at radius 2 is 2.13 bits per heavy atom. The molecule has 0 unspecified atom stereocenters. The number of carbonyl (C=O) groups excluding carboxylic acids is 2. The highest BCUT2D eigenvalue weighted by Gasteiger charge is 2.31. The van der Waals surface area contributed by atoms with Crippen LogP contribution in [0.2, 0.25) is 0 Å². The van der Waals surface area contributed by atoms with Crippen LogP contribution in [-0.4, -0.2) is 48.9 Å². The smallest absolute Gasteiger partial charge is 0.315 e. The molecule has 2 rings (SSSR count). The van der Waals surface area contributed by atoms with Gasteiger partial charge in [0.15, 0.2) is 0 Å². The molecule has 7 nitrogen and oxygen atoms in total. The summed E-state index contributed by atoms with van der Waals surface area (Å²) in [7, 11) is 0. The molecular weight excluding hydrogens is 298 g/mol. The maximum absolute atomic E-state index is 12.1. The van der Waals surface area contributed by atoms with Crippen LogP contribution in [0.4, 0.5) is 10.5 Å². The monoisotopic (exact) mass is 321 g/mol. The van der Waals surface area contributed by atoms with Gasteiger partial charge in [0, 0.05) is 25.2 Å². The lowest BCUT2D eigenvalue weighted by Crippen LogP contribution is -2.45. The number of ether oxygens (including phenoxy) is 1. The number of urea groups is 1. The summed E-state index contributed by atoms with van der Waals surface area (Å²) >= 11 is 0. The van der Waals surface area contributed by atoms with Gasteiger partial charge in [0.2, 0.25) is 5.91 Å². The Hall–Kier alpha value is -2.28. The van der Waals surface area contributed by atoms with Gasteiger partial charge in [0.1, 0.15) is 5.75 Å². The Kier molecular flexibility index (Phi) is 5.81. The molecule has 3 amide bonds.